The highest BCUT2D eigenvalue weighted by atomic mass is 32.2. The van der Waals surface area contributed by atoms with E-state index < -0.39 is 10.0 Å². The van der Waals surface area contributed by atoms with E-state index in [0.717, 1.165) is 0 Å². The van der Waals surface area contributed by atoms with E-state index in [1.165, 1.54) is 31.6 Å². The van der Waals surface area contributed by atoms with Crippen molar-refractivity contribution in [3.63, 3.8) is 0 Å². The molecule has 0 aliphatic carbocycles. The average Bonchev–Trinajstić information content (AvgIpc) is 2.47. The zero-order valence-electron chi connectivity index (χ0n) is 11.5. The lowest BCUT2D eigenvalue weighted by Crippen LogP contribution is -2.19. The minimum absolute atomic E-state index is 0.0681. The van der Waals surface area contributed by atoms with Gasteiger partial charge in [-0.1, -0.05) is 0 Å². The molecule has 1 aromatic carbocycles. The van der Waals surface area contributed by atoms with E-state index >= 15 is 0 Å². The molecule has 0 saturated heterocycles. The van der Waals surface area contributed by atoms with Crippen LogP contribution in [-0.4, -0.2) is 30.6 Å². The molecule has 22 heavy (non-hydrogen) atoms. The van der Waals surface area contributed by atoms with Crippen LogP contribution in [-0.2, 0) is 10.0 Å². The number of rotatable bonds is 5. The quantitative estimate of drug-likeness (QED) is 0.689. The number of benzene rings is 1. The Balaban J connectivity index is 2.20. The summed E-state index contributed by atoms with van der Waals surface area (Å²) in [6, 6.07) is 7.31. The van der Waals surface area contributed by atoms with E-state index in [1.807, 2.05) is 0 Å². The molecular weight excluding hydrogens is 326 g/mol. The summed E-state index contributed by atoms with van der Waals surface area (Å²) in [6.45, 7) is 0. The van der Waals surface area contributed by atoms with Crippen LogP contribution in [0, 0.1) is 0 Å². The summed E-state index contributed by atoms with van der Waals surface area (Å²) in [5.41, 5.74) is 5.93. The Morgan fingerprint density at radius 2 is 1.95 bits per heavy atom. The van der Waals surface area contributed by atoms with Crippen LogP contribution in [0.3, 0.4) is 0 Å². The Labute approximate surface area is 132 Å². The topological polar surface area (TPSA) is 119 Å². The van der Waals surface area contributed by atoms with Gasteiger partial charge in [0, 0.05) is 11.8 Å². The van der Waals surface area contributed by atoms with Crippen LogP contribution in [0.2, 0.25) is 0 Å². The fraction of sp³-hybridized carbons (Fsp3) is 0.0833. The first-order valence-corrected chi connectivity index (χ1v) is 7.85. The largest absolute Gasteiger partial charge is 0.481 e. The van der Waals surface area contributed by atoms with Crippen LogP contribution in [0.25, 0.3) is 0 Å². The summed E-state index contributed by atoms with van der Waals surface area (Å²) < 4.78 is 31.8. The molecule has 0 radical (unpaired) electrons. The number of hydrogen-bond donors (Lipinski definition) is 3. The van der Waals surface area contributed by atoms with E-state index in [1.54, 1.807) is 12.1 Å². The van der Waals surface area contributed by atoms with Crippen molar-refractivity contribution in [2.45, 2.75) is 4.90 Å². The highest BCUT2D eigenvalue weighted by molar-refractivity contribution is 7.92. The van der Waals surface area contributed by atoms with Crippen LogP contribution in [0.1, 0.15) is 0 Å². The Kier molecular flexibility index (Phi) is 4.73. The minimum Gasteiger partial charge on any atom is -0.481 e. The van der Waals surface area contributed by atoms with Crippen LogP contribution in [0.15, 0.2) is 41.6 Å². The Hall–Kier alpha value is -2.46. The SMILES string of the molecule is COc1cc(NS(=O)(=O)c2ccc(NC(N)=S)cc2)ncn1. The molecule has 0 spiro atoms. The fourth-order valence-electron chi connectivity index (χ4n) is 1.56. The second kappa shape index (κ2) is 6.54. The van der Waals surface area contributed by atoms with Crippen molar-refractivity contribution in [3.8, 4) is 5.88 Å². The highest BCUT2D eigenvalue weighted by Gasteiger charge is 2.15. The van der Waals surface area contributed by atoms with Gasteiger partial charge < -0.3 is 15.8 Å². The molecule has 8 nitrogen and oxygen atoms in total. The summed E-state index contributed by atoms with van der Waals surface area (Å²) in [5, 5.41) is 2.80. The number of methoxy groups -OCH3 is 1. The van der Waals surface area contributed by atoms with E-state index in [9.17, 15) is 8.42 Å². The second-order valence-electron chi connectivity index (χ2n) is 4.06. The second-order valence-corrected chi connectivity index (χ2v) is 6.19. The van der Waals surface area contributed by atoms with Gasteiger partial charge in [-0.2, -0.15) is 0 Å². The molecule has 0 saturated carbocycles. The van der Waals surface area contributed by atoms with Gasteiger partial charge >= 0.3 is 0 Å². The number of hydrogen-bond acceptors (Lipinski definition) is 6. The van der Waals surface area contributed by atoms with Crippen LogP contribution in [0.4, 0.5) is 11.5 Å². The first-order chi connectivity index (χ1) is 10.4. The van der Waals surface area contributed by atoms with Crippen molar-refractivity contribution in [2.75, 3.05) is 17.1 Å². The van der Waals surface area contributed by atoms with Crippen molar-refractivity contribution in [3.05, 3.63) is 36.7 Å². The van der Waals surface area contributed by atoms with Crippen LogP contribution < -0.4 is 20.5 Å². The number of sulfonamides is 1. The van der Waals surface area contributed by atoms with Crippen molar-refractivity contribution >= 4 is 38.9 Å². The zero-order chi connectivity index (χ0) is 16.2. The molecule has 0 aliphatic rings. The smallest absolute Gasteiger partial charge is 0.263 e. The third-order valence-electron chi connectivity index (χ3n) is 2.52. The van der Waals surface area contributed by atoms with Gasteiger partial charge in [-0.3, -0.25) is 4.72 Å². The van der Waals surface area contributed by atoms with E-state index in [4.69, 9.17) is 22.7 Å². The molecule has 0 atom stereocenters. The molecule has 0 unspecified atom stereocenters. The number of nitrogens with two attached hydrogens (primary N) is 1. The van der Waals surface area contributed by atoms with Gasteiger partial charge in [0.15, 0.2) is 5.11 Å². The van der Waals surface area contributed by atoms with Gasteiger partial charge in [-0.25, -0.2) is 18.4 Å². The maximum Gasteiger partial charge on any atom is 0.263 e. The molecule has 0 amide bonds. The summed E-state index contributed by atoms with van der Waals surface area (Å²) >= 11 is 4.70. The summed E-state index contributed by atoms with van der Waals surface area (Å²) in [6.07, 6.45) is 1.20. The first-order valence-electron chi connectivity index (χ1n) is 5.96. The Morgan fingerprint density at radius 1 is 1.27 bits per heavy atom. The molecule has 0 aliphatic heterocycles. The predicted molar refractivity (Wildman–Crippen MR) is 86.2 cm³/mol. The maximum absolute atomic E-state index is 12.3. The van der Waals surface area contributed by atoms with Gasteiger partial charge in [0.05, 0.1) is 12.0 Å². The monoisotopic (exact) mass is 339 g/mol. The number of thiocarbonyl (C=S) groups is 1. The third-order valence-corrected chi connectivity index (χ3v) is 3.99. The Morgan fingerprint density at radius 3 is 2.55 bits per heavy atom. The summed E-state index contributed by atoms with van der Waals surface area (Å²) in [7, 11) is -2.35. The van der Waals surface area contributed by atoms with Crippen molar-refractivity contribution in [1.82, 2.24) is 9.97 Å². The van der Waals surface area contributed by atoms with Crippen molar-refractivity contribution in [1.29, 1.82) is 0 Å². The number of nitrogens with one attached hydrogen (secondary N) is 2. The normalized spacial score (nSPS) is 10.8. The number of nitrogens with zero attached hydrogens (tertiary/aromatic N) is 2. The predicted octanol–water partition coefficient (Wildman–Crippen LogP) is 0.942. The third kappa shape index (κ3) is 4.02. The van der Waals surface area contributed by atoms with Gasteiger partial charge in [0.25, 0.3) is 10.0 Å². The molecule has 1 aromatic heterocycles. The van der Waals surface area contributed by atoms with Crippen molar-refractivity contribution in [2.24, 2.45) is 5.73 Å². The van der Waals surface area contributed by atoms with E-state index in [2.05, 4.69) is 20.0 Å². The highest BCUT2D eigenvalue weighted by Crippen LogP contribution is 2.18. The molecule has 10 heteroatoms. The van der Waals surface area contributed by atoms with E-state index in [-0.39, 0.29) is 21.7 Å². The Bertz CT molecular complexity index is 778. The first kappa shape index (κ1) is 15.9. The van der Waals surface area contributed by atoms with Crippen LogP contribution in [0.5, 0.6) is 5.88 Å². The molecule has 2 aromatic rings. The van der Waals surface area contributed by atoms with Gasteiger partial charge in [-0.05, 0) is 36.5 Å². The van der Waals surface area contributed by atoms with Gasteiger partial charge in [0.1, 0.15) is 12.1 Å². The number of aromatic nitrogens is 2. The molecular formula is C12H13N5O3S2. The van der Waals surface area contributed by atoms with E-state index in [0.29, 0.717) is 5.69 Å². The van der Waals surface area contributed by atoms with Crippen LogP contribution >= 0.6 is 12.2 Å². The van der Waals surface area contributed by atoms with Crippen molar-refractivity contribution < 1.29 is 13.2 Å². The average molecular weight is 339 g/mol. The molecule has 1 heterocycles. The lowest BCUT2D eigenvalue weighted by Gasteiger charge is -2.09. The summed E-state index contributed by atoms with van der Waals surface area (Å²) in [5.74, 6) is 0.362. The number of anilines is 2. The minimum atomic E-state index is -3.77. The molecule has 116 valence electrons. The molecule has 0 fully saturated rings. The van der Waals surface area contributed by atoms with Gasteiger partial charge in [0.2, 0.25) is 5.88 Å². The molecule has 4 N–H and O–H groups in total. The molecule has 0 bridgehead atoms. The fourth-order valence-corrected chi connectivity index (χ4v) is 2.68. The lowest BCUT2D eigenvalue weighted by molar-refractivity contribution is 0.397. The van der Waals surface area contributed by atoms with Gasteiger partial charge in [-0.15, -0.1) is 0 Å². The standard InChI is InChI=1S/C12H13N5O3S2/c1-20-11-6-10(14-7-15-11)17-22(18,19)9-4-2-8(3-5-9)16-12(13)21/h2-7H,1H3,(H3,13,16,21)(H,14,15,17). The summed E-state index contributed by atoms with van der Waals surface area (Å²) in [4.78, 5) is 7.70. The molecule has 2 rings (SSSR count). The number of ether oxygens (including phenoxy) is 1. The maximum atomic E-state index is 12.3. The lowest BCUT2D eigenvalue weighted by atomic mass is 10.3. The zero-order valence-corrected chi connectivity index (χ0v) is 13.1.